The van der Waals surface area contributed by atoms with E-state index in [0.717, 1.165) is 31.5 Å². The van der Waals surface area contributed by atoms with E-state index in [2.05, 4.69) is 43.1 Å². The molecular formula is C16H23ClNO2-. The van der Waals surface area contributed by atoms with Gasteiger partial charge in [0.1, 0.15) is 0 Å². The molecule has 0 saturated carbocycles. The molecule has 0 atom stereocenters. The SMILES string of the molecule is CCOC(=O)C1(c2ccc(C)cc2)CCN(C)CC1.[Cl-]. The van der Waals surface area contributed by atoms with Gasteiger partial charge in [-0.25, -0.2) is 0 Å². The second-order valence-electron chi connectivity index (χ2n) is 5.47. The van der Waals surface area contributed by atoms with E-state index in [1.807, 2.05) is 6.92 Å². The lowest BCUT2D eigenvalue weighted by molar-refractivity contribution is -0.152. The lowest BCUT2D eigenvalue weighted by Gasteiger charge is -2.39. The first-order chi connectivity index (χ1) is 9.08. The van der Waals surface area contributed by atoms with E-state index in [1.54, 1.807) is 0 Å². The minimum absolute atomic E-state index is 0. The lowest BCUT2D eigenvalue weighted by Crippen LogP contribution is -3.00. The number of hydrogen-bond acceptors (Lipinski definition) is 3. The van der Waals surface area contributed by atoms with E-state index in [9.17, 15) is 4.79 Å². The van der Waals surface area contributed by atoms with Crippen molar-refractivity contribution in [3.05, 3.63) is 35.4 Å². The fraction of sp³-hybridized carbons (Fsp3) is 0.562. The predicted octanol–water partition coefficient (Wildman–Crippen LogP) is -0.474. The second kappa shape index (κ2) is 7.09. The van der Waals surface area contributed by atoms with Gasteiger partial charge < -0.3 is 22.0 Å². The van der Waals surface area contributed by atoms with Crippen LogP contribution in [0, 0.1) is 6.92 Å². The minimum Gasteiger partial charge on any atom is -1.00 e. The summed E-state index contributed by atoms with van der Waals surface area (Å²) < 4.78 is 5.35. The Kier molecular flexibility index (Phi) is 6.03. The molecule has 1 aliphatic heterocycles. The highest BCUT2D eigenvalue weighted by Gasteiger charge is 2.43. The summed E-state index contributed by atoms with van der Waals surface area (Å²) >= 11 is 0. The lowest BCUT2D eigenvalue weighted by atomic mass is 9.72. The van der Waals surface area contributed by atoms with Crippen molar-refractivity contribution in [1.29, 1.82) is 0 Å². The number of hydrogen-bond donors (Lipinski definition) is 0. The molecule has 0 radical (unpaired) electrons. The van der Waals surface area contributed by atoms with E-state index in [0.29, 0.717) is 6.61 Å². The van der Waals surface area contributed by atoms with Gasteiger partial charge in [0.25, 0.3) is 0 Å². The average molecular weight is 297 g/mol. The zero-order valence-corrected chi connectivity index (χ0v) is 13.2. The molecule has 1 fully saturated rings. The third-order valence-corrected chi connectivity index (χ3v) is 4.11. The molecule has 20 heavy (non-hydrogen) atoms. The Bertz CT molecular complexity index is 436. The molecule has 0 spiro atoms. The normalized spacial score (nSPS) is 18.1. The molecule has 4 heteroatoms. The molecule has 0 N–H and O–H groups in total. The third kappa shape index (κ3) is 3.33. The summed E-state index contributed by atoms with van der Waals surface area (Å²) in [5, 5.41) is 0. The number of piperidine rings is 1. The predicted molar refractivity (Wildman–Crippen MR) is 76.2 cm³/mol. The highest BCUT2D eigenvalue weighted by molar-refractivity contribution is 5.83. The Morgan fingerprint density at radius 2 is 1.80 bits per heavy atom. The zero-order chi connectivity index (χ0) is 13.9. The monoisotopic (exact) mass is 296 g/mol. The molecule has 112 valence electrons. The first-order valence-corrected chi connectivity index (χ1v) is 7.01. The number of carbonyl (C=O) groups is 1. The van der Waals surface area contributed by atoms with Crippen molar-refractivity contribution >= 4 is 5.97 Å². The number of likely N-dealkylation sites (tertiary alicyclic amines) is 1. The Labute approximate surface area is 127 Å². The van der Waals surface area contributed by atoms with E-state index in [1.165, 1.54) is 5.56 Å². The molecule has 1 saturated heterocycles. The fourth-order valence-electron chi connectivity index (χ4n) is 2.75. The van der Waals surface area contributed by atoms with Crippen LogP contribution in [0.5, 0.6) is 0 Å². The molecule has 1 aliphatic rings. The van der Waals surface area contributed by atoms with Gasteiger partial charge in [-0.2, -0.15) is 0 Å². The largest absolute Gasteiger partial charge is 1.00 e. The van der Waals surface area contributed by atoms with Crippen LogP contribution < -0.4 is 12.4 Å². The number of aryl methyl sites for hydroxylation is 1. The molecule has 1 heterocycles. The Morgan fingerprint density at radius 3 is 2.30 bits per heavy atom. The molecule has 0 amide bonds. The maximum atomic E-state index is 12.5. The van der Waals surface area contributed by atoms with Crippen LogP contribution in [0.3, 0.4) is 0 Å². The quantitative estimate of drug-likeness (QED) is 0.706. The van der Waals surface area contributed by atoms with Crippen molar-refractivity contribution in [2.45, 2.75) is 32.1 Å². The van der Waals surface area contributed by atoms with Gasteiger partial charge in [-0.3, -0.25) is 4.79 Å². The van der Waals surface area contributed by atoms with E-state index >= 15 is 0 Å². The van der Waals surface area contributed by atoms with Crippen molar-refractivity contribution < 1.29 is 21.9 Å². The Balaban J connectivity index is 0.00000200. The summed E-state index contributed by atoms with van der Waals surface area (Å²) in [4.78, 5) is 14.7. The minimum atomic E-state index is -0.448. The standard InChI is InChI=1S/C16H23NO2.ClH/c1-4-19-15(18)16(9-11-17(3)12-10-16)14-7-5-13(2)6-8-14;/h5-8H,4,9-12H2,1-3H3;1H/p-1. The first-order valence-electron chi connectivity index (χ1n) is 7.01. The third-order valence-electron chi connectivity index (χ3n) is 4.11. The number of esters is 1. The van der Waals surface area contributed by atoms with Crippen LogP contribution in [-0.4, -0.2) is 37.6 Å². The number of nitrogens with zero attached hydrogens (tertiary/aromatic N) is 1. The van der Waals surface area contributed by atoms with Gasteiger partial charge >= 0.3 is 5.97 Å². The van der Waals surface area contributed by atoms with Crippen molar-refractivity contribution in [2.75, 3.05) is 26.7 Å². The van der Waals surface area contributed by atoms with E-state index < -0.39 is 5.41 Å². The van der Waals surface area contributed by atoms with Gasteiger partial charge in [-0.05, 0) is 52.4 Å². The van der Waals surface area contributed by atoms with Crippen molar-refractivity contribution in [2.24, 2.45) is 0 Å². The van der Waals surface area contributed by atoms with Crippen molar-refractivity contribution in [3.8, 4) is 0 Å². The van der Waals surface area contributed by atoms with Crippen molar-refractivity contribution in [3.63, 3.8) is 0 Å². The van der Waals surface area contributed by atoms with E-state index in [-0.39, 0.29) is 18.4 Å². The van der Waals surface area contributed by atoms with Crippen molar-refractivity contribution in [1.82, 2.24) is 4.90 Å². The summed E-state index contributed by atoms with van der Waals surface area (Å²) in [6, 6.07) is 8.32. The summed E-state index contributed by atoms with van der Waals surface area (Å²) in [7, 11) is 2.10. The number of carbonyl (C=O) groups excluding carboxylic acids is 1. The maximum Gasteiger partial charge on any atom is 0.316 e. The number of halogens is 1. The topological polar surface area (TPSA) is 29.5 Å². The van der Waals surface area contributed by atoms with Crippen LogP contribution in [0.4, 0.5) is 0 Å². The van der Waals surface area contributed by atoms with Gasteiger partial charge in [-0.1, -0.05) is 29.8 Å². The first kappa shape index (κ1) is 17.0. The van der Waals surface area contributed by atoms with Crippen LogP contribution in [0.2, 0.25) is 0 Å². The Morgan fingerprint density at radius 1 is 1.25 bits per heavy atom. The molecule has 1 aromatic carbocycles. The highest BCUT2D eigenvalue weighted by Crippen LogP contribution is 2.36. The van der Waals surface area contributed by atoms with Gasteiger partial charge in [0, 0.05) is 0 Å². The summed E-state index contributed by atoms with van der Waals surface area (Å²) in [5.41, 5.74) is 1.87. The number of benzene rings is 1. The van der Waals surface area contributed by atoms with Gasteiger partial charge in [0.2, 0.25) is 0 Å². The van der Waals surface area contributed by atoms with Gasteiger partial charge in [0.05, 0.1) is 12.0 Å². The number of ether oxygens (including phenoxy) is 1. The van der Waals surface area contributed by atoms with Crippen LogP contribution >= 0.6 is 0 Å². The van der Waals surface area contributed by atoms with Crippen LogP contribution in [-0.2, 0) is 14.9 Å². The van der Waals surface area contributed by atoms with E-state index in [4.69, 9.17) is 4.74 Å². The fourth-order valence-corrected chi connectivity index (χ4v) is 2.75. The molecule has 0 bridgehead atoms. The van der Waals surface area contributed by atoms with Crippen LogP contribution in [0.25, 0.3) is 0 Å². The molecule has 0 unspecified atom stereocenters. The molecule has 0 aromatic heterocycles. The molecule has 0 aliphatic carbocycles. The second-order valence-corrected chi connectivity index (χ2v) is 5.47. The average Bonchev–Trinajstić information content (AvgIpc) is 2.41. The summed E-state index contributed by atoms with van der Waals surface area (Å²) in [6.07, 6.45) is 1.68. The zero-order valence-electron chi connectivity index (χ0n) is 12.5. The smallest absolute Gasteiger partial charge is 0.316 e. The summed E-state index contributed by atoms with van der Waals surface area (Å²) in [6.45, 7) is 6.26. The molecule has 3 nitrogen and oxygen atoms in total. The van der Waals surface area contributed by atoms with Crippen LogP contribution in [0.1, 0.15) is 30.9 Å². The van der Waals surface area contributed by atoms with Gasteiger partial charge in [-0.15, -0.1) is 0 Å². The highest BCUT2D eigenvalue weighted by atomic mass is 35.5. The van der Waals surface area contributed by atoms with Crippen LogP contribution in [0.15, 0.2) is 24.3 Å². The van der Waals surface area contributed by atoms with Gasteiger partial charge in [0.15, 0.2) is 0 Å². The summed E-state index contributed by atoms with van der Waals surface area (Å²) in [5.74, 6) is -0.0630. The molecule has 2 rings (SSSR count). The Hall–Kier alpha value is -1.06. The number of rotatable bonds is 3. The molecular weight excluding hydrogens is 274 g/mol. The molecule has 1 aromatic rings. The maximum absolute atomic E-state index is 12.5.